The second-order valence-corrected chi connectivity index (χ2v) is 8.36. The van der Waals surface area contributed by atoms with Gasteiger partial charge in [0, 0.05) is 13.6 Å². The van der Waals surface area contributed by atoms with E-state index >= 15 is 0 Å². The Bertz CT molecular complexity index is 950. The summed E-state index contributed by atoms with van der Waals surface area (Å²) >= 11 is 0. The van der Waals surface area contributed by atoms with Gasteiger partial charge in [-0.1, -0.05) is 30.3 Å². The molecule has 1 aromatic carbocycles. The molecule has 0 aliphatic carbocycles. The molecule has 0 spiro atoms. The molecular formula is C22H29N3O5. The van der Waals surface area contributed by atoms with E-state index in [-0.39, 0.29) is 24.1 Å². The van der Waals surface area contributed by atoms with Gasteiger partial charge in [-0.2, -0.15) is 0 Å². The molecule has 30 heavy (non-hydrogen) atoms. The van der Waals surface area contributed by atoms with Crippen LogP contribution in [0, 0.1) is 0 Å². The molecule has 162 valence electrons. The van der Waals surface area contributed by atoms with Crippen molar-refractivity contribution in [3.8, 4) is 5.75 Å². The van der Waals surface area contributed by atoms with Crippen molar-refractivity contribution in [1.29, 1.82) is 0 Å². The van der Waals surface area contributed by atoms with Gasteiger partial charge < -0.3 is 14.2 Å². The fraction of sp³-hybridized carbons (Fsp3) is 0.500. The average Bonchev–Trinajstić information content (AvgIpc) is 2.69. The zero-order chi connectivity index (χ0) is 21.9. The summed E-state index contributed by atoms with van der Waals surface area (Å²) in [6.45, 7) is 7.13. The zero-order valence-electron chi connectivity index (χ0n) is 18.2. The minimum Gasteiger partial charge on any atom is -0.481 e. The fourth-order valence-electron chi connectivity index (χ4n) is 3.18. The second kappa shape index (κ2) is 8.97. The van der Waals surface area contributed by atoms with Crippen LogP contribution in [0.1, 0.15) is 48.7 Å². The molecule has 1 unspecified atom stereocenters. The highest BCUT2D eigenvalue weighted by Crippen LogP contribution is 2.24. The molecule has 1 aliphatic heterocycles. The van der Waals surface area contributed by atoms with Gasteiger partial charge in [0.25, 0.3) is 5.56 Å². The average molecular weight is 415 g/mol. The van der Waals surface area contributed by atoms with E-state index in [2.05, 4.69) is 9.88 Å². The van der Waals surface area contributed by atoms with Crippen molar-refractivity contribution in [2.45, 2.75) is 39.0 Å². The molecule has 1 saturated heterocycles. The Morgan fingerprint density at radius 2 is 1.93 bits per heavy atom. The number of likely N-dealkylation sites (N-methyl/N-ethyl adjacent to an activating group) is 1. The molecule has 0 amide bonds. The van der Waals surface area contributed by atoms with Crippen LogP contribution in [0.3, 0.4) is 0 Å². The van der Waals surface area contributed by atoms with E-state index in [9.17, 15) is 9.59 Å². The van der Waals surface area contributed by atoms with Crippen molar-refractivity contribution in [2.75, 3.05) is 26.8 Å². The SMILES string of the molecule is CN1CCOCC1c1nc(C(=O)OC(C)(C)C)c(OCc2ccccc2)c(=O)n1C. The Morgan fingerprint density at radius 3 is 2.57 bits per heavy atom. The van der Waals surface area contributed by atoms with Crippen LogP contribution in [0.15, 0.2) is 35.1 Å². The predicted molar refractivity (Wildman–Crippen MR) is 112 cm³/mol. The molecule has 3 rings (SSSR count). The Labute approximate surface area is 176 Å². The predicted octanol–water partition coefficient (Wildman–Crippen LogP) is 2.32. The summed E-state index contributed by atoms with van der Waals surface area (Å²) in [7, 11) is 3.56. The molecule has 1 aliphatic rings. The highest BCUT2D eigenvalue weighted by atomic mass is 16.6. The van der Waals surface area contributed by atoms with E-state index in [0.29, 0.717) is 25.6 Å². The molecule has 0 saturated carbocycles. The first kappa shape index (κ1) is 22.0. The quantitative estimate of drug-likeness (QED) is 0.693. The summed E-state index contributed by atoms with van der Waals surface area (Å²) in [5.74, 6) is -0.363. The van der Waals surface area contributed by atoms with E-state index in [1.165, 1.54) is 4.57 Å². The van der Waals surface area contributed by atoms with Crippen molar-refractivity contribution >= 4 is 5.97 Å². The molecule has 2 heterocycles. The van der Waals surface area contributed by atoms with Gasteiger partial charge in [-0.3, -0.25) is 14.3 Å². The molecule has 0 bridgehead atoms. The van der Waals surface area contributed by atoms with E-state index in [1.807, 2.05) is 37.4 Å². The molecule has 0 N–H and O–H groups in total. The Morgan fingerprint density at radius 1 is 1.23 bits per heavy atom. The Hall–Kier alpha value is -2.71. The highest BCUT2D eigenvalue weighted by molar-refractivity contribution is 5.90. The van der Waals surface area contributed by atoms with Gasteiger partial charge in [-0.25, -0.2) is 9.78 Å². The van der Waals surface area contributed by atoms with E-state index in [1.54, 1.807) is 27.8 Å². The van der Waals surface area contributed by atoms with Gasteiger partial charge in [0.1, 0.15) is 18.0 Å². The van der Waals surface area contributed by atoms with Gasteiger partial charge >= 0.3 is 5.97 Å². The summed E-state index contributed by atoms with van der Waals surface area (Å²) in [6, 6.07) is 9.17. The second-order valence-electron chi connectivity index (χ2n) is 8.36. The number of carbonyl (C=O) groups is 1. The first-order chi connectivity index (χ1) is 14.2. The van der Waals surface area contributed by atoms with Crippen LogP contribution < -0.4 is 10.3 Å². The maximum absolute atomic E-state index is 13.2. The van der Waals surface area contributed by atoms with Crippen LogP contribution in [-0.4, -0.2) is 52.8 Å². The number of nitrogens with zero attached hydrogens (tertiary/aromatic N) is 3. The molecule has 0 radical (unpaired) electrons. The molecule has 1 fully saturated rings. The molecular weight excluding hydrogens is 386 g/mol. The summed E-state index contributed by atoms with van der Waals surface area (Å²) in [6.07, 6.45) is 0. The molecule has 8 nitrogen and oxygen atoms in total. The van der Waals surface area contributed by atoms with Crippen LogP contribution in [0.4, 0.5) is 0 Å². The number of esters is 1. The Kier molecular flexibility index (Phi) is 6.58. The van der Waals surface area contributed by atoms with E-state index in [4.69, 9.17) is 14.2 Å². The Balaban J connectivity index is 2.04. The van der Waals surface area contributed by atoms with Gasteiger partial charge in [0.2, 0.25) is 5.75 Å². The van der Waals surface area contributed by atoms with Crippen LogP contribution in [0.2, 0.25) is 0 Å². The van der Waals surface area contributed by atoms with Crippen molar-refractivity contribution in [1.82, 2.24) is 14.5 Å². The zero-order valence-corrected chi connectivity index (χ0v) is 18.2. The lowest BCUT2D eigenvalue weighted by molar-refractivity contribution is -0.00146. The number of benzene rings is 1. The van der Waals surface area contributed by atoms with Crippen molar-refractivity contribution < 1.29 is 19.0 Å². The number of hydrogen-bond donors (Lipinski definition) is 0. The van der Waals surface area contributed by atoms with Crippen LogP contribution in [0.25, 0.3) is 0 Å². The minimum atomic E-state index is -0.735. The third-order valence-electron chi connectivity index (χ3n) is 4.80. The van der Waals surface area contributed by atoms with E-state index in [0.717, 1.165) is 5.56 Å². The lowest BCUT2D eigenvalue weighted by Crippen LogP contribution is -2.41. The summed E-state index contributed by atoms with van der Waals surface area (Å²) < 4.78 is 18.3. The number of rotatable bonds is 5. The van der Waals surface area contributed by atoms with Gasteiger partial charge in [-0.05, 0) is 33.4 Å². The fourth-order valence-corrected chi connectivity index (χ4v) is 3.18. The van der Waals surface area contributed by atoms with Crippen molar-refractivity contribution in [3.63, 3.8) is 0 Å². The standard InChI is InChI=1S/C22H29N3O5/c1-22(2,3)30-21(27)17-18(29-13-15-9-7-6-8-10-15)20(26)25(5)19(23-17)16-14-28-12-11-24(16)4/h6-10,16H,11-14H2,1-5H3. The van der Waals surface area contributed by atoms with Crippen LogP contribution >= 0.6 is 0 Å². The van der Waals surface area contributed by atoms with Crippen LogP contribution in [0.5, 0.6) is 5.75 Å². The summed E-state index contributed by atoms with van der Waals surface area (Å²) in [4.78, 5) is 32.7. The molecule has 2 aromatic rings. The van der Waals surface area contributed by atoms with Crippen LogP contribution in [-0.2, 0) is 23.1 Å². The molecule has 1 atom stereocenters. The number of morpholine rings is 1. The number of aromatic nitrogens is 2. The molecule has 1 aromatic heterocycles. The third-order valence-corrected chi connectivity index (χ3v) is 4.80. The lowest BCUT2D eigenvalue weighted by Gasteiger charge is -2.33. The maximum Gasteiger partial charge on any atom is 0.361 e. The first-order valence-electron chi connectivity index (χ1n) is 9.96. The first-order valence-corrected chi connectivity index (χ1v) is 9.96. The topological polar surface area (TPSA) is 82.9 Å². The lowest BCUT2D eigenvalue weighted by atomic mass is 10.2. The smallest absolute Gasteiger partial charge is 0.361 e. The molecule has 8 heteroatoms. The van der Waals surface area contributed by atoms with Crippen molar-refractivity contribution in [3.05, 3.63) is 57.8 Å². The number of hydrogen-bond acceptors (Lipinski definition) is 7. The van der Waals surface area contributed by atoms with Gasteiger partial charge in [0.15, 0.2) is 5.69 Å². The largest absolute Gasteiger partial charge is 0.481 e. The summed E-state index contributed by atoms with van der Waals surface area (Å²) in [5, 5.41) is 0. The normalized spacial score (nSPS) is 17.6. The van der Waals surface area contributed by atoms with Gasteiger partial charge in [0.05, 0.1) is 19.3 Å². The highest BCUT2D eigenvalue weighted by Gasteiger charge is 2.31. The third kappa shape index (κ3) is 5.06. The summed E-state index contributed by atoms with van der Waals surface area (Å²) in [5.41, 5.74) is -0.408. The minimum absolute atomic E-state index is 0.112. The van der Waals surface area contributed by atoms with Crippen molar-refractivity contribution in [2.24, 2.45) is 7.05 Å². The van der Waals surface area contributed by atoms with Gasteiger partial charge in [-0.15, -0.1) is 0 Å². The number of carbonyl (C=O) groups excluding carboxylic acids is 1. The monoisotopic (exact) mass is 415 g/mol. The maximum atomic E-state index is 13.2. The van der Waals surface area contributed by atoms with E-state index < -0.39 is 17.1 Å². The number of ether oxygens (including phenoxy) is 3.